The van der Waals surface area contributed by atoms with Crippen molar-refractivity contribution in [2.75, 3.05) is 25.5 Å². The summed E-state index contributed by atoms with van der Waals surface area (Å²) in [6, 6.07) is 4.24. The topological polar surface area (TPSA) is 32.3 Å². The molecule has 1 N–H and O–H groups in total. The van der Waals surface area contributed by atoms with Gasteiger partial charge in [-0.2, -0.15) is 0 Å². The highest BCUT2D eigenvalue weighted by atomic mass is 16.2. The molecule has 1 fully saturated rings. The molecule has 0 bridgehead atoms. The van der Waals surface area contributed by atoms with Crippen LogP contribution in [0.1, 0.15) is 48.8 Å². The average molecular weight is 302 g/mol. The Kier molecular flexibility index (Phi) is 6.01. The third kappa shape index (κ3) is 4.84. The first-order chi connectivity index (χ1) is 10.5. The fraction of sp³-hybridized carbons (Fsp3) is 0.632. The van der Waals surface area contributed by atoms with Gasteiger partial charge in [0.1, 0.15) is 0 Å². The number of anilines is 1. The van der Waals surface area contributed by atoms with Crippen LogP contribution in [-0.4, -0.2) is 30.9 Å². The molecule has 0 saturated heterocycles. The number of benzene rings is 1. The van der Waals surface area contributed by atoms with E-state index in [-0.39, 0.29) is 5.91 Å². The number of nitrogens with one attached hydrogen (secondary N) is 1. The van der Waals surface area contributed by atoms with Gasteiger partial charge >= 0.3 is 0 Å². The molecular formula is C19H30N2O. The first-order valence-electron chi connectivity index (χ1n) is 8.52. The fourth-order valence-electron chi connectivity index (χ4n) is 3.68. The Morgan fingerprint density at radius 3 is 2.32 bits per heavy atom. The smallest absolute Gasteiger partial charge is 0.238 e. The molecule has 1 amide bonds. The van der Waals surface area contributed by atoms with Gasteiger partial charge in [0.05, 0.1) is 6.54 Å². The van der Waals surface area contributed by atoms with Gasteiger partial charge in [-0.15, -0.1) is 0 Å². The lowest BCUT2D eigenvalue weighted by atomic mass is 9.89. The maximum Gasteiger partial charge on any atom is 0.238 e. The van der Waals surface area contributed by atoms with Crippen LogP contribution >= 0.6 is 0 Å². The van der Waals surface area contributed by atoms with E-state index in [1.54, 1.807) is 0 Å². The molecule has 0 aliphatic heterocycles. The lowest BCUT2D eigenvalue weighted by molar-refractivity contribution is -0.117. The Labute approximate surface area is 135 Å². The van der Waals surface area contributed by atoms with Crippen molar-refractivity contribution < 1.29 is 4.79 Å². The second kappa shape index (κ2) is 7.77. The predicted octanol–water partition coefficient (Wildman–Crippen LogP) is 4.06. The monoisotopic (exact) mass is 302 g/mol. The zero-order chi connectivity index (χ0) is 16.1. The maximum absolute atomic E-state index is 12.3. The number of carbonyl (C=O) groups excluding carboxylic acids is 1. The van der Waals surface area contributed by atoms with Gasteiger partial charge in [-0.3, -0.25) is 9.69 Å². The molecule has 1 aliphatic rings. The molecule has 1 saturated carbocycles. The third-order valence-electron chi connectivity index (χ3n) is 4.65. The summed E-state index contributed by atoms with van der Waals surface area (Å²) in [4.78, 5) is 14.5. The standard InChI is InChI=1S/C19H30N2O/c1-14-10-15(2)19(16(3)11-14)20-18(22)13-21(4)12-17-8-6-5-7-9-17/h10-11,17H,5-9,12-13H2,1-4H3,(H,20,22). The van der Waals surface area contributed by atoms with Crippen LogP contribution in [0, 0.1) is 26.7 Å². The van der Waals surface area contributed by atoms with Crippen LogP contribution in [0.5, 0.6) is 0 Å². The van der Waals surface area contributed by atoms with E-state index in [1.165, 1.54) is 37.7 Å². The first-order valence-corrected chi connectivity index (χ1v) is 8.52. The Bertz CT molecular complexity index is 495. The zero-order valence-corrected chi connectivity index (χ0v) is 14.5. The molecule has 3 heteroatoms. The lowest BCUT2D eigenvalue weighted by Gasteiger charge is -2.26. The van der Waals surface area contributed by atoms with Crippen LogP contribution in [0.3, 0.4) is 0 Å². The number of amides is 1. The minimum Gasteiger partial charge on any atom is -0.324 e. The fourth-order valence-corrected chi connectivity index (χ4v) is 3.68. The van der Waals surface area contributed by atoms with Crippen LogP contribution in [0.25, 0.3) is 0 Å². The summed E-state index contributed by atoms with van der Waals surface area (Å²) >= 11 is 0. The summed E-state index contributed by atoms with van der Waals surface area (Å²) in [5.74, 6) is 0.864. The Morgan fingerprint density at radius 2 is 1.73 bits per heavy atom. The lowest BCUT2D eigenvalue weighted by Crippen LogP contribution is -2.34. The van der Waals surface area contributed by atoms with Crippen molar-refractivity contribution in [3.05, 3.63) is 28.8 Å². The molecule has 0 spiro atoms. The third-order valence-corrected chi connectivity index (χ3v) is 4.65. The molecule has 1 aliphatic carbocycles. The first kappa shape index (κ1) is 17.0. The van der Waals surface area contributed by atoms with E-state index in [1.807, 2.05) is 0 Å². The van der Waals surface area contributed by atoms with Gasteiger partial charge in [0.25, 0.3) is 0 Å². The summed E-state index contributed by atoms with van der Waals surface area (Å²) in [5, 5.41) is 3.09. The summed E-state index contributed by atoms with van der Waals surface area (Å²) in [6.45, 7) is 7.72. The zero-order valence-electron chi connectivity index (χ0n) is 14.5. The number of rotatable bonds is 5. The van der Waals surface area contributed by atoms with E-state index >= 15 is 0 Å². The van der Waals surface area contributed by atoms with Crippen molar-refractivity contribution in [1.82, 2.24) is 4.90 Å². The Hall–Kier alpha value is -1.35. The second-order valence-electron chi connectivity index (χ2n) is 7.02. The van der Waals surface area contributed by atoms with Crippen LogP contribution in [0.15, 0.2) is 12.1 Å². The van der Waals surface area contributed by atoms with Crippen LogP contribution in [0.2, 0.25) is 0 Å². The normalized spacial score (nSPS) is 16.0. The van der Waals surface area contributed by atoms with Gasteiger partial charge in [0, 0.05) is 12.2 Å². The van der Waals surface area contributed by atoms with Gasteiger partial charge in [-0.25, -0.2) is 0 Å². The SMILES string of the molecule is Cc1cc(C)c(NC(=O)CN(C)CC2CCCCC2)c(C)c1. The quantitative estimate of drug-likeness (QED) is 0.889. The molecule has 1 aromatic carbocycles. The van der Waals surface area contributed by atoms with E-state index in [4.69, 9.17) is 0 Å². The van der Waals surface area contributed by atoms with E-state index in [0.29, 0.717) is 6.54 Å². The van der Waals surface area contributed by atoms with Gasteiger partial charge < -0.3 is 5.32 Å². The van der Waals surface area contributed by atoms with Crippen molar-refractivity contribution in [3.63, 3.8) is 0 Å². The van der Waals surface area contributed by atoms with E-state index < -0.39 is 0 Å². The molecule has 1 aromatic rings. The van der Waals surface area contributed by atoms with Gasteiger partial charge in [0.15, 0.2) is 0 Å². The molecule has 122 valence electrons. The van der Waals surface area contributed by atoms with Crippen molar-refractivity contribution >= 4 is 11.6 Å². The van der Waals surface area contributed by atoms with Crippen molar-refractivity contribution in [2.45, 2.75) is 52.9 Å². The average Bonchev–Trinajstić information content (AvgIpc) is 2.43. The number of hydrogen-bond donors (Lipinski definition) is 1. The largest absolute Gasteiger partial charge is 0.324 e. The highest BCUT2D eigenvalue weighted by Gasteiger charge is 2.17. The highest BCUT2D eigenvalue weighted by molar-refractivity contribution is 5.93. The number of likely N-dealkylation sites (N-methyl/N-ethyl adjacent to an activating group) is 1. The van der Waals surface area contributed by atoms with Gasteiger partial charge in [0.2, 0.25) is 5.91 Å². The van der Waals surface area contributed by atoms with Crippen molar-refractivity contribution in [2.24, 2.45) is 5.92 Å². The minimum atomic E-state index is 0.0911. The second-order valence-corrected chi connectivity index (χ2v) is 7.02. The number of carbonyl (C=O) groups is 1. The molecule has 22 heavy (non-hydrogen) atoms. The summed E-state index contributed by atoms with van der Waals surface area (Å²) in [6.07, 6.45) is 6.73. The van der Waals surface area contributed by atoms with Crippen LogP contribution in [0.4, 0.5) is 5.69 Å². The molecule has 3 nitrogen and oxygen atoms in total. The van der Waals surface area contributed by atoms with E-state index in [9.17, 15) is 4.79 Å². The molecule has 0 aromatic heterocycles. The van der Waals surface area contributed by atoms with Gasteiger partial charge in [-0.1, -0.05) is 37.0 Å². The van der Waals surface area contributed by atoms with Gasteiger partial charge in [-0.05, 0) is 57.7 Å². The summed E-state index contributed by atoms with van der Waals surface area (Å²) in [7, 11) is 2.06. The number of hydrogen-bond acceptors (Lipinski definition) is 2. The van der Waals surface area contributed by atoms with E-state index in [0.717, 1.165) is 29.3 Å². The molecule has 0 atom stereocenters. The molecule has 0 unspecified atom stereocenters. The predicted molar refractivity (Wildman–Crippen MR) is 93.4 cm³/mol. The Morgan fingerprint density at radius 1 is 1.14 bits per heavy atom. The van der Waals surface area contributed by atoms with Crippen molar-refractivity contribution in [3.8, 4) is 0 Å². The molecule has 0 radical (unpaired) electrons. The van der Waals surface area contributed by atoms with Crippen LogP contribution < -0.4 is 5.32 Å². The van der Waals surface area contributed by atoms with Crippen molar-refractivity contribution in [1.29, 1.82) is 0 Å². The minimum absolute atomic E-state index is 0.0911. The molecule has 0 heterocycles. The number of aryl methyl sites for hydroxylation is 3. The number of nitrogens with zero attached hydrogens (tertiary/aromatic N) is 1. The molecule has 2 rings (SSSR count). The summed E-state index contributed by atoms with van der Waals surface area (Å²) < 4.78 is 0. The highest BCUT2D eigenvalue weighted by Crippen LogP contribution is 2.24. The Balaban J connectivity index is 1.87. The molecular weight excluding hydrogens is 272 g/mol. The van der Waals surface area contributed by atoms with E-state index in [2.05, 4.69) is 50.2 Å². The maximum atomic E-state index is 12.3. The van der Waals surface area contributed by atoms with Crippen LogP contribution in [-0.2, 0) is 4.79 Å². The summed E-state index contributed by atoms with van der Waals surface area (Å²) in [5.41, 5.74) is 4.49.